The summed E-state index contributed by atoms with van der Waals surface area (Å²) in [6.45, 7) is 6.72. The normalized spacial score (nSPS) is 11.0. The van der Waals surface area contributed by atoms with Crippen LogP contribution in [0.15, 0.2) is 12.2 Å². The SMILES string of the molecule is C=C(C)C(=O)O.COCC(C)O. The van der Waals surface area contributed by atoms with Gasteiger partial charge in [0, 0.05) is 12.7 Å². The van der Waals surface area contributed by atoms with E-state index in [2.05, 4.69) is 11.3 Å². The van der Waals surface area contributed by atoms with Crippen molar-refractivity contribution < 1.29 is 19.7 Å². The van der Waals surface area contributed by atoms with Crippen LogP contribution >= 0.6 is 0 Å². The molecule has 0 aliphatic carbocycles. The minimum Gasteiger partial charge on any atom is -0.478 e. The predicted molar refractivity (Wildman–Crippen MR) is 46.0 cm³/mol. The number of hydrogen-bond donors (Lipinski definition) is 2. The first-order chi connectivity index (χ1) is 5.41. The first-order valence-electron chi connectivity index (χ1n) is 3.47. The van der Waals surface area contributed by atoms with Crippen molar-refractivity contribution in [1.29, 1.82) is 0 Å². The molecule has 0 rings (SSSR count). The van der Waals surface area contributed by atoms with Crippen molar-refractivity contribution >= 4 is 5.97 Å². The smallest absolute Gasteiger partial charge is 0.330 e. The van der Waals surface area contributed by atoms with Gasteiger partial charge >= 0.3 is 5.97 Å². The zero-order valence-electron chi connectivity index (χ0n) is 7.70. The highest BCUT2D eigenvalue weighted by Crippen LogP contribution is 1.81. The maximum Gasteiger partial charge on any atom is 0.330 e. The second-order valence-electron chi connectivity index (χ2n) is 2.39. The predicted octanol–water partition coefficient (Wildman–Crippen LogP) is 0.661. The van der Waals surface area contributed by atoms with E-state index < -0.39 is 5.97 Å². The summed E-state index contributed by atoms with van der Waals surface area (Å²) in [5, 5.41) is 16.3. The average Bonchev–Trinajstić information content (AvgIpc) is 1.87. The van der Waals surface area contributed by atoms with Crippen molar-refractivity contribution in [1.82, 2.24) is 0 Å². The number of carboxylic acid groups (broad SMARTS) is 1. The molecule has 1 atom stereocenters. The molecule has 0 saturated heterocycles. The molecule has 2 N–H and O–H groups in total. The van der Waals surface area contributed by atoms with Crippen LogP contribution in [-0.4, -0.2) is 36.0 Å². The van der Waals surface area contributed by atoms with Gasteiger partial charge in [-0.15, -0.1) is 0 Å². The molecule has 0 amide bonds. The molecule has 0 aromatic heterocycles. The highest BCUT2D eigenvalue weighted by Gasteiger charge is 1.90. The van der Waals surface area contributed by atoms with Crippen LogP contribution in [0.25, 0.3) is 0 Å². The van der Waals surface area contributed by atoms with Gasteiger partial charge in [0.2, 0.25) is 0 Å². The average molecular weight is 176 g/mol. The number of aliphatic hydroxyl groups is 1. The van der Waals surface area contributed by atoms with Crippen molar-refractivity contribution in [2.24, 2.45) is 0 Å². The van der Waals surface area contributed by atoms with Gasteiger partial charge < -0.3 is 14.9 Å². The van der Waals surface area contributed by atoms with Gasteiger partial charge in [-0.3, -0.25) is 0 Å². The molecule has 0 saturated carbocycles. The molecule has 0 radical (unpaired) electrons. The van der Waals surface area contributed by atoms with Crippen molar-refractivity contribution in [3.05, 3.63) is 12.2 Å². The zero-order valence-corrected chi connectivity index (χ0v) is 7.70. The summed E-state index contributed by atoms with van der Waals surface area (Å²) in [5.74, 6) is -0.935. The van der Waals surface area contributed by atoms with Crippen LogP contribution in [-0.2, 0) is 9.53 Å². The number of methoxy groups -OCH3 is 1. The van der Waals surface area contributed by atoms with Crippen LogP contribution in [0, 0.1) is 0 Å². The fourth-order valence-corrected chi connectivity index (χ4v) is 0.241. The van der Waals surface area contributed by atoms with Crippen LogP contribution in [0.1, 0.15) is 13.8 Å². The maximum absolute atomic E-state index is 9.60. The Morgan fingerprint density at radius 3 is 2.00 bits per heavy atom. The Morgan fingerprint density at radius 1 is 1.67 bits per heavy atom. The molecular formula is C8H16O4. The van der Waals surface area contributed by atoms with Gasteiger partial charge in [0.05, 0.1) is 12.7 Å². The van der Waals surface area contributed by atoms with Crippen LogP contribution in [0.4, 0.5) is 0 Å². The van der Waals surface area contributed by atoms with Crippen molar-refractivity contribution in [2.45, 2.75) is 20.0 Å². The lowest BCUT2D eigenvalue weighted by Gasteiger charge is -1.97. The van der Waals surface area contributed by atoms with E-state index in [9.17, 15) is 4.79 Å². The third kappa shape index (κ3) is 16.1. The first-order valence-corrected chi connectivity index (χ1v) is 3.47. The van der Waals surface area contributed by atoms with Gasteiger partial charge in [0.1, 0.15) is 0 Å². The van der Waals surface area contributed by atoms with E-state index in [1.807, 2.05) is 0 Å². The van der Waals surface area contributed by atoms with E-state index in [0.717, 1.165) is 0 Å². The summed E-state index contributed by atoms with van der Waals surface area (Å²) < 4.78 is 4.55. The van der Waals surface area contributed by atoms with Gasteiger partial charge in [-0.25, -0.2) is 4.79 Å². The molecule has 0 aromatic rings. The fraction of sp³-hybridized carbons (Fsp3) is 0.625. The third-order valence-corrected chi connectivity index (χ3v) is 0.773. The van der Waals surface area contributed by atoms with Gasteiger partial charge in [-0.2, -0.15) is 0 Å². The molecule has 72 valence electrons. The zero-order chi connectivity index (χ0) is 10.1. The van der Waals surface area contributed by atoms with E-state index in [0.29, 0.717) is 6.61 Å². The summed E-state index contributed by atoms with van der Waals surface area (Å²) in [6, 6.07) is 0. The number of ether oxygens (including phenoxy) is 1. The molecule has 0 bridgehead atoms. The van der Waals surface area contributed by atoms with Crippen molar-refractivity contribution in [3.8, 4) is 0 Å². The first kappa shape index (κ1) is 13.7. The van der Waals surface area contributed by atoms with Gasteiger partial charge in [0.25, 0.3) is 0 Å². The maximum atomic E-state index is 9.60. The molecule has 0 aromatic carbocycles. The van der Waals surface area contributed by atoms with Crippen LogP contribution in [0.5, 0.6) is 0 Å². The lowest BCUT2D eigenvalue weighted by Crippen LogP contribution is -2.07. The molecule has 12 heavy (non-hydrogen) atoms. The van der Waals surface area contributed by atoms with E-state index in [1.54, 1.807) is 14.0 Å². The number of aliphatic carboxylic acids is 1. The number of carboxylic acids is 1. The van der Waals surface area contributed by atoms with Crippen LogP contribution in [0.2, 0.25) is 0 Å². The summed E-state index contributed by atoms with van der Waals surface area (Å²) in [7, 11) is 1.56. The van der Waals surface area contributed by atoms with Gasteiger partial charge in [0.15, 0.2) is 0 Å². The highest BCUT2D eigenvalue weighted by atomic mass is 16.5. The largest absolute Gasteiger partial charge is 0.478 e. The monoisotopic (exact) mass is 176 g/mol. The Bertz CT molecular complexity index is 128. The standard InChI is InChI=1S/C4H10O2.C4H6O2/c1-4(5)3-6-2;1-3(2)4(5)6/h4-5H,3H2,1-2H3;1H2,2H3,(H,5,6). The van der Waals surface area contributed by atoms with Crippen molar-refractivity contribution in [2.75, 3.05) is 13.7 Å². The lowest BCUT2D eigenvalue weighted by molar-refractivity contribution is -0.132. The van der Waals surface area contributed by atoms with Crippen molar-refractivity contribution in [3.63, 3.8) is 0 Å². The molecule has 0 fully saturated rings. The van der Waals surface area contributed by atoms with Crippen LogP contribution in [0.3, 0.4) is 0 Å². The molecule has 4 heteroatoms. The molecule has 0 heterocycles. The Kier molecular flexibility index (Phi) is 9.40. The number of hydrogen-bond acceptors (Lipinski definition) is 3. The summed E-state index contributed by atoms with van der Waals surface area (Å²) in [5.41, 5.74) is 0.176. The third-order valence-electron chi connectivity index (χ3n) is 0.773. The minimum absolute atomic E-state index is 0.176. The Balaban J connectivity index is 0. The summed E-state index contributed by atoms with van der Waals surface area (Å²) in [6.07, 6.45) is -0.324. The quantitative estimate of drug-likeness (QED) is 0.620. The lowest BCUT2D eigenvalue weighted by atomic mass is 10.4. The second-order valence-corrected chi connectivity index (χ2v) is 2.39. The van der Waals surface area contributed by atoms with Gasteiger partial charge in [-0.05, 0) is 13.8 Å². The van der Waals surface area contributed by atoms with E-state index in [4.69, 9.17) is 10.2 Å². The fourth-order valence-electron chi connectivity index (χ4n) is 0.241. The Labute approximate surface area is 72.5 Å². The molecule has 4 nitrogen and oxygen atoms in total. The van der Waals surface area contributed by atoms with E-state index >= 15 is 0 Å². The number of carbonyl (C=O) groups is 1. The number of aliphatic hydroxyl groups excluding tert-OH is 1. The Morgan fingerprint density at radius 2 is 2.00 bits per heavy atom. The molecule has 0 aliphatic rings. The molecule has 1 unspecified atom stereocenters. The highest BCUT2D eigenvalue weighted by molar-refractivity contribution is 5.84. The number of rotatable bonds is 3. The van der Waals surface area contributed by atoms with Crippen LogP contribution < -0.4 is 0 Å². The summed E-state index contributed by atoms with van der Waals surface area (Å²) in [4.78, 5) is 9.60. The topological polar surface area (TPSA) is 66.8 Å². The molecule has 0 spiro atoms. The Hall–Kier alpha value is -0.870. The van der Waals surface area contributed by atoms with Gasteiger partial charge in [-0.1, -0.05) is 6.58 Å². The molecular weight excluding hydrogens is 160 g/mol. The second kappa shape index (κ2) is 8.23. The van der Waals surface area contributed by atoms with E-state index in [1.165, 1.54) is 6.92 Å². The minimum atomic E-state index is -0.935. The summed E-state index contributed by atoms with van der Waals surface area (Å²) >= 11 is 0. The van der Waals surface area contributed by atoms with E-state index in [-0.39, 0.29) is 11.7 Å². The molecule has 0 aliphatic heterocycles.